The summed E-state index contributed by atoms with van der Waals surface area (Å²) in [4.78, 5) is 4.38. The average Bonchev–Trinajstić information content (AvgIpc) is 2.39. The van der Waals surface area contributed by atoms with Crippen molar-refractivity contribution in [2.75, 3.05) is 14.2 Å². The lowest BCUT2D eigenvalue weighted by Crippen LogP contribution is -2.02. The molecule has 0 unspecified atom stereocenters. The molecule has 18 heavy (non-hydrogen) atoms. The highest BCUT2D eigenvalue weighted by Crippen LogP contribution is 2.10. The summed E-state index contributed by atoms with van der Waals surface area (Å²) >= 11 is 0. The molecule has 0 saturated heterocycles. The molecule has 0 N–H and O–H groups in total. The van der Waals surface area contributed by atoms with Crippen LogP contribution >= 0.6 is 0 Å². The van der Waals surface area contributed by atoms with Gasteiger partial charge in [0.05, 0.1) is 19.7 Å². The Morgan fingerprint density at radius 1 is 1.00 bits per heavy atom. The van der Waals surface area contributed by atoms with Gasteiger partial charge in [0.25, 0.3) is 0 Å². The lowest BCUT2D eigenvalue weighted by atomic mass is 10.2. The molecule has 5 nitrogen and oxygen atoms in total. The van der Waals surface area contributed by atoms with E-state index < -0.39 is 10.4 Å². The minimum Gasteiger partial charge on any atom is -0.253 e. The summed E-state index contributed by atoms with van der Waals surface area (Å²) in [5.41, 5.74) is 2.15. The molecule has 0 aliphatic heterocycles. The van der Waals surface area contributed by atoms with Gasteiger partial charge in [0.15, 0.2) is 0 Å². The Morgan fingerprint density at radius 3 is 2.17 bits per heavy atom. The van der Waals surface area contributed by atoms with E-state index in [-0.39, 0.29) is 0 Å². The van der Waals surface area contributed by atoms with Crippen LogP contribution in [0.4, 0.5) is 0 Å². The van der Waals surface area contributed by atoms with E-state index in [4.69, 9.17) is 0 Å². The SMILES string of the molecule is COS(=O)(=O)OC.Cc1ccc2ccccc2n1. The number of aryl methyl sites for hydroxylation is 1. The highest BCUT2D eigenvalue weighted by atomic mass is 32.3. The number of nitrogens with zero attached hydrogens (tertiary/aromatic N) is 1. The van der Waals surface area contributed by atoms with Gasteiger partial charge < -0.3 is 0 Å². The van der Waals surface area contributed by atoms with Crippen molar-refractivity contribution in [2.24, 2.45) is 0 Å². The molecule has 0 amide bonds. The van der Waals surface area contributed by atoms with Gasteiger partial charge in [-0.25, -0.2) is 0 Å². The fourth-order valence-corrected chi connectivity index (χ4v) is 1.37. The van der Waals surface area contributed by atoms with Gasteiger partial charge in [0.2, 0.25) is 0 Å². The number of hydrogen-bond donors (Lipinski definition) is 0. The molecule has 6 heteroatoms. The van der Waals surface area contributed by atoms with Gasteiger partial charge in [-0.3, -0.25) is 13.4 Å². The van der Waals surface area contributed by atoms with Crippen molar-refractivity contribution in [2.45, 2.75) is 6.92 Å². The molecule has 2 aromatic rings. The number of pyridine rings is 1. The third-order valence-corrected chi connectivity index (χ3v) is 2.96. The average molecular weight is 269 g/mol. The Bertz CT molecular complexity index is 600. The summed E-state index contributed by atoms with van der Waals surface area (Å²) in [5.74, 6) is 0. The quantitative estimate of drug-likeness (QED) is 0.835. The summed E-state index contributed by atoms with van der Waals surface area (Å²) in [5, 5.41) is 1.21. The summed E-state index contributed by atoms with van der Waals surface area (Å²) in [6, 6.07) is 12.3. The van der Waals surface area contributed by atoms with Gasteiger partial charge in [0.1, 0.15) is 0 Å². The predicted octanol–water partition coefficient (Wildman–Crippen LogP) is 2.07. The minimum atomic E-state index is -3.66. The molecule has 0 radical (unpaired) electrons. The number of fused-ring (bicyclic) bond motifs is 1. The standard InChI is InChI=1S/C10H9N.C2H6O4S/c1-8-6-7-9-4-2-3-5-10(9)11-8;1-5-7(3,4)6-2/h2-7H,1H3;1-2H3. The Morgan fingerprint density at radius 2 is 1.61 bits per heavy atom. The van der Waals surface area contributed by atoms with Crippen molar-refractivity contribution < 1.29 is 16.8 Å². The molecule has 1 heterocycles. The van der Waals surface area contributed by atoms with E-state index >= 15 is 0 Å². The van der Waals surface area contributed by atoms with E-state index in [1.807, 2.05) is 31.2 Å². The normalized spacial score (nSPS) is 10.8. The van der Waals surface area contributed by atoms with Crippen LogP contribution in [0.5, 0.6) is 0 Å². The molecule has 0 aliphatic carbocycles. The van der Waals surface area contributed by atoms with Crippen molar-refractivity contribution in [3.8, 4) is 0 Å². The zero-order valence-electron chi connectivity index (χ0n) is 10.5. The van der Waals surface area contributed by atoms with Crippen LogP contribution in [0.1, 0.15) is 5.69 Å². The monoisotopic (exact) mass is 269 g/mol. The number of para-hydroxylation sites is 1. The van der Waals surface area contributed by atoms with Gasteiger partial charge in [-0.05, 0) is 19.1 Å². The van der Waals surface area contributed by atoms with Crippen LogP contribution in [0.2, 0.25) is 0 Å². The van der Waals surface area contributed by atoms with E-state index in [1.165, 1.54) is 5.39 Å². The molecule has 2 rings (SSSR count). The Balaban J connectivity index is 0.000000203. The van der Waals surface area contributed by atoms with Crippen LogP contribution in [0.3, 0.4) is 0 Å². The molecule has 98 valence electrons. The number of aromatic nitrogens is 1. The van der Waals surface area contributed by atoms with Crippen molar-refractivity contribution in [1.29, 1.82) is 0 Å². The summed E-state index contributed by atoms with van der Waals surface area (Å²) < 4.78 is 27.5. The van der Waals surface area contributed by atoms with E-state index in [2.05, 4.69) is 25.5 Å². The van der Waals surface area contributed by atoms with Gasteiger partial charge in [-0.2, -0.15) is 8.42 Å². The van der Waals surface area contributed by atoms with Crippen molar-refractivity contribution >= 4 is 21.3 Å². The zero-order valence-corrected chi connectivity index (χ0v) is 11.3. The molecular formula is C12H15NO4S. The van der Waals surface area contributed by atoms with Crippen LogP contribution in [0.25, 0.3) is 10.9 Å². The highest BCUT2D eigenvalue weighted by Gasteiger charge is 2.01. The lowest BCUT2D eigenvalue weighted by molar-refractivity contribution is 0.286. The molecular weight excluding hydrogens is 254 g/mol. The lowest BCUT2D eigenvalue weighted by Gasteiger charge is -1.95. The number of rotatable bonds is 2. The minimum absolute atomic E-state index is 1.03. The van der Waals surface area contributed by atoms with Gasteiger partial charge in [-0.15, -0.1) is 0 Å². The first-order chi connectivity index (χ1) is 8.48. The molecule has 1 aromatic heterocycles. The Kier molecular flexibility index (Phi) is 5.21. The van der Waals surface area contributed by atoms with Crippen molar-refractivity contribution in [1.82, 2.24) is 4.98 Å². The molecule has 0 aliphatic rings. The predicted molar refractivity (Wildman–Crippen MR) is 69.4 cm³/mol. The third-order valence-electron chi connectivity index (χ3n) is 2.15. The Hall–Kier alpha value is -1.50. The van der Waals surface area contributed by atoms with Crippen LogP contribution < -0.4 is 0 Å². The van der Waals surface area contributed by atoms with E-state index in [1.54, 1.807) is 0 Å². The van der Waals surface area contributed by atoms with Crippen molar-refractivity contribution in [3.05, 3.63) is 42.1 Å². The zero-order chi connectivity index (χ0) is 13.6. The first kappa shape index (κ1) is 14.6. The fraction of sp³-hybridized carbons (Fsp3) is 0.250. The summed E-state index contributed by atoms with van der Waals surface area (Å²) in [6.45, 7) is 2.01. The fourth-order valence-electron chi connectivity index (χ4n) is 1.24. The van der Waals surface area contributed by atoms with Crippen molar-refractivity contribution in [3.63, 3.8) is 0 Å². The molecule has 0 atom stereocenters. The summed E-state index contributed by atoms with van der Waals surface area (Å²) in [7, 11) is -1.60. The van der Waals surface area contributed by atoms with Crippen LogP contribution in [0.15, 0.2) is 36.4 Å². The second-order valence-electron chi connectivity index (χ2n) is 3.39. The maximum atomic E-state index is 9.92. The second kappa shape index (κ2) is 6.44. The van der Waals surface area contributed by atoms with Crippen LogP contribution in [0, 0.1) is 6.92 Å². The highest BCUT2D eigenvalue weighted by molar-refractivity contribution is 7.81. The van der Waals surface area contributed by atoms with E-state index in [0.717, 1.165) is 25.4 Å². The maximum absolute atomic E-state index is 9.92. The van der Waals surface area contributed by atoms with Gasteiger partial charge in [-0.1, -0.05) is 24.3 Å². The number of hydrogen-bond acceptors (Lipinski definition) is 5. The first-order valence-electron chi connectivity index (χ1n) is 5.17. The first-order valence-corrected chi connectivity index (χ1v) is 6.50. The largest absolute Gasteiger partial charge is 0.399 e. The molecule has 0 bridgehead atoms. The Labute approximate surface area is 107 Å². The second-order valence-corrected chi connectivity index (χ2v) is 4.87. The third kappa shape index (κ3) is 4.40. The molecule has 0 spiro atoms. The summed E-state index contributed by atoms with van der Waals surface area (Å²) in [6.07, 6.45) is 0. The topological polar surface area (TPSA) is 65.5 Å². The maximum Gasteiger partial charge on any atom is 0.399 e. The van der Waals surface area contributed by atoms with E-state index in [0.29, 0.717) is 0 Å². The number of benzene rings is 1. The molecule has 0 fully saturated rings. The molecule has 1 aromatic carbocycles. The van der Waals surface area contributed by atoms with E-state index in [9.17, 15) is 8.42 Å². The smallest absolute Gasteiger partial charge is 0.253 e. The van der Waals surface area contributed by atoms with Crippen LogP contribution in [-0.4, -0.2) is 27.6 Å². The van der Waals surface area contributed by atoms with Gasteiger partial charge in [0, 0.05) is 11.1 Å². The van der Waals surface area contributed by atoms with Crippen LogP contribution in [-0.2, 0) is 18.8 Å². The molecule has 0 saturated carbocycles. The van der Waals surface area contributed by atoms with Gasteiger partial charge >= 0.3 is 10.4 Å².